The number of amides is 2. The summed E-state index contributed by atoms with van der Waals surface area (Å²) in [7, 11) is 3.14. The number of hydrogen-bond donors (Lipinski definition) is 1. The fourth-order valence-corrected chi connectivity index (χ4v) is 2.82. The number of halogens is 3. The molecule has 1 aromatic heterocycles. The number of hydrogen-bond acceptors (Lipinski definition) is 3. The molecule has 1 aliphatic heterocycles. The third kappa shape index (κ3) is 4.40. The summed E-state index contributed by atoms with van der Waals surface area (Å²) in [5.74, 6) is 0. The van der Waals surface area contributed by atoms with E-state index in [-0.39, 0.29) is 11.2 Å². The van der Waals surface area contributed by atoms with Gasteiger partial charge in [0, 0.05) is 39.0 Å². The summed E-state index contributed by atoms with van der Waals surface area (Å²) < 4.78 is 46.6. The summed E-state index contributed by atoms with van der Waals surface area (Å²) in [4.78, 5) is 13.8. The number of rotatable bonds is 3. The fraction of sp³-hybridized carbons (Fsp3) is 0.733. The van der Waals surface area contributed by atoms with Gasteiger partial charge in [-0.3, -0.25) is 4.68 Å². The van der Waals surface area contributed by atoms with Gasteiger partial charge >= 0.3 is 12.2 Å². The number of nitrogens with zero attached hydrogens (tertiary/aromatic N) is 3. The van der Waals surface area contributed by atoms with Crippen LogP contribution in [-0.4, -0.2) is 52.7 Å². The standard InChI is InChI=1S/C15H23F3N4O2/c1-14(24-3)5-4-7-22(8-6-14)13(23)20-12(15(16,17)18)11-9-19-21(2)10-11/h9-10,12H,4-8H2,1-3H3,(H,20,23)/t12-,14+/m1/s1. The Morgan fingerprint density at radius 1 is 1.42 bits per heavy atom. The summed E-state index contributed by atoms with van der Waals surface area (Å²) in [5, 5.41) is 5.85. The smallest absolute Gasteiger partial charge is 0.378 e. The van der Waals surface area contributed by atoms with E-state index in [0.717, 1.165) is 12.6 Å². The van der Waals surface area contributed by atoms with Gasteiger partial charge in [0.05, 0.1) is 11.8 Å². The number of methoxy groups -OCH3 is 1. The van der Waals surface area contributed by atoms with Crippen molar-refractivity contribution < 1.29 is 22.7 Å². The number of likely N-dealkylation sites (tertiary alicyclic amines) is 1. The van der Waals surface area contributed by atoms with Gasteiger partial charge < -0.3 is 15.0 Å². The SMILES string of the molecule is CO[C@@]1(C)CCCN(C(=O)N[C@H](c2cnn(C)c2)C(F)(F)F)CC1. The molecule has 2 atom stereocenters. The van der Waals surface area contributed by atoms with Crippen molar-refractivity contribution in [3.8, 4) is 0 Å². The van der Waals surface area contributed by atoms with E-state index in [2.05, 4.69) is 10.4 Å². The molecule has 0 unspecified atom stereocenters. The van der Waals surface area contributed by atoms with Gasteiger partial charge in [0.1, 0.15) is 0 Å². The summed E-state index contributed by atoms with van der Waals surface area (Å²) in [6.07, 6.45) is -0.197. The van der Waals surface area contributed by atoms with Crippen molar-refractivity contribution in [1.29, 1.82) is 0 Å². The number of aryl methyl sites for hydroxylation is 1. The molecule has 1 aromatic rings. The van der Waals surface area contributed by atoms with Crippen molar-refractivity contribution in [3.05, 3.63) is 18.0 Å². The highest BCUT2D eigenvalue weighted by atomic mass is 19.4. The van der Waals surface area contributed by atoms with Crippen molar-refractivity contribution in [2.75, 3.05) is 20.2 Å². The topological polar surface area (TPSA) is 59.4 Å². The van der Waals surface area contributed by atoms with Gasteiger partial charge in [-0.2, -0.15) is 18.3 Å². The van der Waals surface area contributed by atoms with Crippen LogP contribution in [-0.2, 0) is 11.8 Å². The fourth-order valence-electron chi connectivity index (χ4n) is 2.82. The molecule has 2 rings (SSSR count). The largest absolute Gasteiger partial charge is 0.413 e. The van der Waals surface area contributed by atoms with Gasteiger partial charge in [-0.1, -0.05) is 0 Å². The normalized spacial score (nSPS) is 23.7. The van der Waals surface area contributed by atoms with Crippen LogP contribution in [0, 0.1) is 0 Å². The molecule has 1 N–H and O–H groups in total. The third-order valence-corrected chi connectivity index (χ3v) is 4.48. The molecular weight excluding hydrogens is 325 g/mol. The number of urea groups is 1. The number of aromatic nitrogens is 2. The van der Waals surface area contributed by atoms with Gasteiger partial charge in [-0.25, -0.2) is 4.79 Å². The quantitative estimate of drug-likeness (QED) is 0.913. The zero-order valence-electron chi connectivity index (χ0n) is 14.1. The molecule has 0 radical (unpaired) electrons. The van der Waals surface area contributed by atoms with E-state index >= 15 is 0 Å². The Balaban J connectivity index is 2.08. The van der Waals surface area contributed by atoms with Gasteiger partial charge in [-0.15, -0.1) is 0 Å². The predicted octanol–water partition coefficient (Wildman–Crippen LogP) is 2.62. The first kappa shape index (κ1) is 18.6. The molecule has 24 heavy (non-hydrogen) atoms. The van der Waals surface area contributed by atoms with Crippen LogP contribution in [0.1, 0.15) is 37.8 Å². The summed E-state index contributed by atoms with van der Waals surface area (Å²) in [5.41, 5.74) is -0.433. The van der Waals surface area contributed by atoms with Gasteiger partial charge in [0.2, 0.25) is 0 Å². The summed E-state index contributed by atoms with van der Waals surface area (Å²) in [6.45, 7) is 2.71. The molecule has 136 valence electrons. The summed E-state index contributed by atoms with van der Waals surface area (Å²) in [6, 6.07) is -2.79. The molecule has 0 bridgehead atoms. The van der Waals surface area contributed by atoms with Crippen LogP contribution < -0.4 is 5.32 Å². The molecular formula is C15H23F3N4O2. The number of ether oxygens (including phenoxy) is 1. The Morgan fingerprint density at radius 2 is 2.12 bits per heavy atom. The highest BCUT2D eigenvalue weighted by Gasteiger charge is 2.43. The maximum atomic E-state index is 13.3. The van der Waals surface area contributed by atoms with Crippen LogP contribution in [0.5, 0.6) is 0 Å². The van der Waals surface area contributed by atoms with E-state index in [1.165, 1.54) is 22.8 Å². The van der Waals surface area contributed by atoms with Gasteiger partial charge in [-0.05, 0) is 26.2 Å². The predicted molar refractivity (Wildman–Crippen MR) is 81.4 cm³/mol. The Kier molecular flexibility index (Phi) is 5.42. The number of carbonyl (C=O) groups is 1. The Bertz CT molecular complexity index is 575. The van der Waals surface area contributed by atoms with Crippen molar-refractivity contribution in [2.24, 2.45) is 7.05 Å². The lowest BCUT2D eigenvalue weighted by Gasteiger charge is -2.28. The lowest BCUT2D eigenvalue weighted by molar-refractivity contribution is -0.155. The number of nitrogens with one attached hydrogen (secondary N) is 1. The van der Waals surface area contributed by atoms with Crippen molar-refractivity contribution in [3.63, 3.8) is 0 Å². The van der Waals surface area contributed by atoms with Crippen LogP contribution in [0.3, 0.4) is 0 Å². The van der Waals surface area contributed by atoms with Gasteiger partial charge in [0.15, 0.2) is 6.04 Å². The number of alkyl halides is 3. The first-order valence-corrected chi connectivity index (χ1v) is 7.80. The first-order valence-electron chi connectivity index (χ1n) is 7.80. The van der Waals surface area contributed by atoms with Crippen molar-refractivity contribution >= 4 is 6.03 Å². The molecule has 2 heterocycles. The third-order valence-electron chi connectivity index (χ3n) is 4.48. The number of carbonyl (C=O) groups excluding carboxylic acids is 1. The average Bonchev–Trinajstić information content (AvgIpc) is 2.82. The minimum absolute atomic E-state index is 0.0881. The van der Waals surface area contributed by atoms with Crippen LogP contribution in [0.25, 0.3) is 0 Å². The molecule has 9 heteroatoms. The summed E-state index contributed by atoms with van der Waals surface area (Å²) >= 11 is 0. The average molecular weight is 348 g/mol. The zero-order valence-corrected chi connectivity index (χ0v) is 14.1. The second kappa shape index (κ2) is 7.00. The molecule has 6 nitrogen and oxygen atoms in total. The second-order valence-corrected chi connectivity index (χ2v) is 6.37. The molecule has 0 aromatic carbocycles. The van der Waals surface area contributed by atoms with E-state index < -0.39 is 18.2 Å². The minimum atomic E-state index is -4.59. The van der Waals surface area contributed by atoms with E-state index in [0.29, 0.717) is 25.9 Å². The lowest BCUT2D eigenvalue weighted by Crippen LogP contribution is -2.46. The maximum absolute atomic E-state index is 13.3. The van der Waals surface area contributed by atoms with E-state index in [4.69, 9.17) is 4.74 Å². The molecule has 1 aliphatic rings. The van der Waals surface area contributed by atoms with Crippen LogP contribution in [0.2, 0.25) is 0 Å². The zero-order chi connectivity index (χ0) is 18.0. The van der Waals surface area contributed by atoms with E-state index in [1.54, 1.807) is 7.11 Å². The molecule has 0 saturated carbocycles. The monoisotopic (exact) mass is 348 g/mol. The molecule has 0 aliphatic carbocycles. The van der Waals surface area contributed by atoms with Gasteiger partial charge in [0.25, 0.3) is 0 Å². The molecule has 1 fully saturated rings. The Hall–Kier alpha value is -1.77. The molecule has 1 saturated heterocycles. The highest BCUT2D eigenvalue weighted by molar-refractivity contribution is 5.74. The Labute approximate surface area is 138 Å². The van der Waals surface area contributed by atoms with Crippen molar-refractivity contribution in [1.82, 2.24) is 20.0 Å². The first-order chi connectivity index (χ1) is 11.1. The van der Waals surface area contributed by atoms with Crippen LogP contribution in [0.15, 0.2) is 12.4 Å². The van der Waals surface area contributed by atoms with Crippen LogP contribution >= 0.6 is 0 Å². The van der Waals surface area contributed by atoms with E-state index in [1.807, 2.05) is 6.92 Å². The second-order valence-electron chi connectivity index (χ2n) is 6.37. The lowest BCUT2D eigenvalue weighted by atomic mass is 9.97. The van der Waals surface area contributed by atoms with Crippen LogP contribution in [0.4, 0.5) is 18.0 Å². The maximum Gasteiger partial charge on any atom is 0.413 e. The molecule has 0 spiro atoms. The molecule has 2 amide bonds. The Morgan fingerprint density at radius 3 is 2.67 bits per heavy atom. The highest BCUT2D eigenvalue weighted by Crippen LogP contribution is 2.33. The minimum Gasteiger partial charge on any atom is -0.378 e. The van der Waals surface area contributed by atoms with E-state index in [9.17, 15) is 18.0 Å². The van der Waals surface area contributed by atoms with Crippen molar-refractivity contribution in [2.45, 2.75) is 44.0 Å².